The average molecular weight is 488 g/mol. The molecule has 0 unspecified atom stereocenters. The number of nitrogens with zero attached hydrogens (tertiary/aromatic N) is 3. The van der Waals surface area contributed by atoms with Gasteiger partial charge in [-0.25, -0.2) is 13.4 Å². The Bertz CT molecular complexity index is 1140. The summed E-state index contributed by atoms with van der Waals surface area (Å²) in [5.74, 6) is 0.100. The van der Waals surface area contributed by atoms with E-state index in [2.05, 4.69) is 4.98 Å². The molecule has 1 spiro atoms. The molecule has 7 nitrogen and oxygen atoms in total. The van der Waals surface area contributed by atoms with Gasteiger partial charge >= 0.3 is 0 Å². The van der Waals surface area contributed by atoms with Crippen LogP contribution in [-0.4, -0.2) is 73.7 Å². The molecule has 176 valence electrons. The molecule has 1 aromatic heterocycles. The summed E-state index contributed by atoms with van der Waals surface area (Å²) in [6, 6.07) is 10.2. The molecule has 2 aromatic rings. The zero-order valence-corrected chi connectivity index (χ0v) is 20.6. The number of aromatic nitrogens is 1. The second-order valence-corrected chi connectivity index (χ2v) is 11.8. The van der Waals surface area contributed by atoms with E-state index in [9.17, 15) is 18.0 Å². The van der Waals surface area contributed by atoms with Gasteiger partial charge in [0.1, 0.15) is 5.03 Å². The Morgan fingerprint density at radius 2 is 1.67 bits per heavy atom. The minimum absolute atomic E-state index is 0.0331. The highest BCUT2D eigenvalue weighted by molar-refractivity contribution is 7.98. The number of likely N-dealkylation sites (tertiary alicyclic amines) is 2. The Labute approximate surface area is 199 Å². The van der Waals surface area contributed by atoms with E-state index < -0.39 is 9.84 Å². The third-order valence-electron chi connectivity index (χ3n) is 6.80. The minimum atomic E-state index is -3.24. The highest BCUT2D eigenvalue weighted by Crippen LogP contribution is 2.41. The highest BCUT2D eigenvalue weighted by atomic mass is 32.2. The number of sulfone groups is 1. The SMILES string of the molecule is CSc1ncccc1C(=O)N1CCC2(CCN(C(=O)Cc3ccc(S(C)(=O)=O)cc3)C2)CC1. The van der Waals surface area contributed by atoms with E-state index in [1.165, 1.54) is 18.0 Å². The second kappa shape index (κ2) is 9.46. The monoisotopic (exact) mass is 487 g/mol. The Balaban J connectivity index is 1.33. The van der Waals surface area contributed by atoms with Crippen LogP contribution in [0.5, 0.6) is 0 Å². The number of hydrogen-bond donors (Lipinski definition) is 0. The minimum Gasteiger partial charge on any atom is -0.342 e. The topological polar surface area (TPSA) is 87.7 Å². The summed E-state index contributed by atoms with van der Waals surface area (Å²) < 4.78 is 23.2. The summed E-state index contributed by atoms with van der Waals surface area (Å²) in [7, 11) is -3.24. The molecule has 9 heteroatoms. The van der Waals surface area contributed by atoms with Crippen LogP contribution < -0.4 is 0 Å². The number of benzene rings is 1. The van der Waals surface area contributed by atoms with Crippen LogP contribution in [0.15, 0.2) is 52.5 Å². The molecular formula is C24H29N3O4S2. The predicted molar refractivity (Wildman–Crippen MR) is 128 cm³/mol. The molecule has 0 bridgehead atoms. The second-order valence-electron chi connectivity index (χ2n) is 9.01. The summed E-state index contributed by atoms with van der Waals surface area (Å²) >= 11 is 1.48. The van der Waals surface area contributed by atoms with Crippen LogP contribution in [0.3, 0.4) is 0 Å². The van der Waals surface area contributed by atoms with Crippen LogP contribution in [0, 0.1) is 5.41 Å². The van der Waals surface area contributed by atoms with Crippen LogP contribution in [0.1, 0.15) is 35.2 Å². The van der Waals surface area contributed by atoms with Crippen molar-refractivity contribution in [2.45, 2.75) is 35.6 Å². The maximum atomic E-state index is 13.0. The average Bonchev–Trinajstić information content (AvgIpc) is 3.22. The number of thioether (sulfide) groups is 1. The van der Waals surface area contributed by atoms with E-state index in [1.54, 1.807) is 36.5 Å². The van der Waals surface area contributed by atoms with Crippen molar-refractivity contribution in [1.29, 1.82) is 0 Å². The van der Waals surface area contributed by atoms with Crippen molar-refractivity contribution in [2.75, 3.05) is 38.7 Å². The molecule has 2 amide bonds. The standard InChI is InChI=1S/C24H29N3O4S2/c1-32-22-20(4-3-12-25-22)23(29)26-13-9-24(10-14-26)11-15-27(17-24)21(28)16-18-5-7-19(8-6-18)33(2,30)31/h3-8,12H,9-11,13-17H2,1-2H3. The van der Waals surface area contributed by atoms with Crippen molar-refractivity contribution >= 4 is 33.4 Å². The summed E-state index contributed by atoms with van der Waals surface area (Å²) in [6.07, 6.45) is 7.81. The lowest BCUT2D eigenvalue weighted by atomic mass is 9.77. The number of carbonyl (C=O) groups is 2. The van der Waals surface area contributed by atoms with Gasteiger partial charge in [-0.1, -0.05) is 12.1 Å². The number of carbonyl (C=O) groups excluding carboxylic acids is 2. The lowest BCUT2D eigenvalue weighted by molar-refractivity contribution is -0.130. The number of amides is 2. The van der Waals surface area contributed by atoms with E-state index in [-0.39, 0.29) is 28.5 Å². The molecule has 0 N–H and O–H groups in total. The number of pyridine rings is 1. The molecule has 2 saturated heterocycles. The molecule has 4 rings (SSSR count). The van der Waals surface area contributed by atoms with Gasteiger partial charge in [-0.2, -0.15) is 0 Å². The lowest BCUT2D eigenvalue weighted by Gasteiger charge is -2.39. The van der Waals surface area contributed by atoms with Gasteiger partial charge < -0.3 is 9.80 Å². The van der Waals surface area contributed by atoms with Gasteiger partial charge in [-0.15, -0.1) is 11.8 Å². The normalized spacial score (nSPS) is 18.0. The Kier molecular flexibility index (Phi) is 6.81. The first-order valence-corrected chi connectivity index (χ1v) is 14.2. The largest absolute Gasteiger partial charge is 0.342 e. The predicted octanol–water partition coefficient (Wildman–Crippen LogP) is 2.90. The summed E-state index contributed by atoms with van der Waals surface area (Å²) in [5, 5.41) is 0.755. The molecule has 2 aliphatic heterocycles. The first-order chi connectivity index (χ1) is 15.7. The third kappa shape index (κ3) is 5.24. The molecule has 2 aliphatic rings. The van der Waals surface area contributed by atoms with Crippen molar-refractivity contribution in [3.8, 4) is 0 Å². The first-order valence-electron chi connectivity index (χ1n) is 11.1. The van der Waals surface area contributed by atoms with Crippen LogP contribution >= 0.6 is 11.8 Å². The molecule has 0 atom stereocenters. The van der Waals surface area contributed by atoms with Crippen molar-refractivity contribution in [3.05, 3.63) is 53.7 Å². The summed E-state index contributed by atoms with van der Waals surface area (Å²) in [5.41, 5.74) is 1.55. The van der Waals surface area contributed by atoms with Gasteiger partial charge in [0.2, 0.25) is 5.91 Å². The summed E-state index contributed by atoms with van der Waals surface area (Å²) in [4.78, 5) is 34.3. The van der Waals surface area contributed by atoms with Gasteiger partial charge in [-0.05, 0) is 60.8 Å². The molecule has 1 aromatic carbocycles. The van der Waals surface area contributed by atoms with E-state index >= 15 is 0 Å². The molecule has 2 fully saturated rings. The highest BCUT2D eigenvalue weighted by Gasteiger charge is 2.42. The van der Waals surface area contributed by atoms with E-state index in [1.807, 2.05) is 22.1 Å². The maximum absolute atomic E-state index is 13.0. The fraction of sp³-hybridized carbons (Fsp3) is 0.458. The van der Waals surface area contributed by atoms with Gasteiger partial charge in [-0.3, -0.25) is 9.59 Å². The van der Waals surface area contributed by atoms with E-state index in [0.717, 1.165) is 42.9 Å². The Morgan fingerprint density at radius 1 is 1.03 bits per heavy atom. The number of piperidine rings is 1. The zero-order chi connectivity index (χ0) is 23.6. The third-order valence-corrected chi connectivity index (χ3v) is 8.64. The van der Waals surface area contributed by atoms with Crippen molar-refractivity contribution < 1.29 is 18.0 Å². The molecular weight excluding hydrogens is 458 g/mol. The van der Waals surface area contributed by atoms with Gasteiger partial charge in [0, 0.05) is 38.6 Å². The van der Waals surface area contributed by atoms with Gasteiger partial charge in [0.15, 0.2) is 9.84 Å². The zero-order valence-electron chi connectivity index (χ0n) is 19.0. The van der Waals surface area contributed by atoms with Crippen molar-refractivity contribution in [2.24, 2.45) is 5.41 Å². The smallest absolute Gasteiger partial charge is 0.256 e. The number of hydrogen-bond acceptors (Lipinski definition) is 6. The maximum Gasteiger partial charge on any atom is 0.256 e. The molecule has 0 radical (unpaired) electrons. The van der Waals surface area contributed by atoms with Gasteiger partial charge in [0.05, 0.1) is 16.9 Å². The van der Waals surface area contributed by atoms with E-state index in [0.29, 0.717) is 18.7 Å². The summed E-state index contributed by atoms with van der Waals surface area (Å²) in [6.45, 7) is 2.83. The first kappa shape index (κ1) is 23.8. The van der Waals surface area contributed by atoms with Crippen LogP contribution in [-0.2, 0) is 21.1 Å². The quantitative estimate of drug-likeness (QED) is 0.603. The Morgan fingerprint density at radius 3 is 2.27 bits per heavy atom. The molecule has 0 aliphatic carbocycles. The van der Waals surface area contributed by atoms with Crippen LogP contribution in [0.25, 0.3) is 0 Å². The fourth-order valence-electron chi connectivity index (χ4n) is 4.77. The lowest BCUT2D eigenvalue weighted by Crippen LogP contribution is -2.45. The van der Waals surface area contributed by atoms with Crippen LogP contribution in [0.4, 0.5) is 0 Å². The number of rotatable bonds is 5. The van der Waals surface area contributed by atoms with Crippen LogP contribution in [0.2, 0.25) is 0 Å². The molecule has 0 saturated carbocycles. The molecule has 33 heavy (non-hydrogen) atoms. The van der Waals surface area contributed by atoms with Crippen molar-refractivity contribution in [3.63, 3.8) is 0 Å². The van der Waals surface area contributed by atoms with Crippen molar-refractivity contribution in [1.82, 2.24) is 14.8 Å². The van der Waals surface area contributed by atoms with Gasteiger partial charge in [0.25, 0.3) is 5.91 Å². The van der Waals surface area contributed by atoms with E-state index in [4.69, 9.17) is 0 Å². The molecule has 3 heterocycles. The fourth-order valence-corrected chi connectivity index (χ4v) is 5.94. The Hall–Kier alpha value is -2.39.